The number of benzene rings is 2. The standard InChI is InChI=1S/C20H24FN3O4S/c1-23(17-8-10-24(11-9-17)29(2,27)28)20(26)22-18-7-6-15(13-19(18)25)14-4-3-5-16(21)12-14/h3-7,12-13,17,25H,8-11H2,1-2H3,(H,22,26). The predicted molar refractivity (Wildman–Crippen MR) is 110 cm³/mol. The maximum atomic E-state index is 13.4. The van der Waals surface area contributed by atoms with Gasteiger partial charge in [-0.2, -0.15) is 0 Å². The Bertz CT molecular complexity index is 1000. The van der Waals surface area contributed by atoms with Crippen molar-refractivity contribution in [3.63, 3.8) is 0 Å². The molecule has 2 aromatic carbocycles. The molecule has 0 bridgehead atoms. The van der Waals surface area contributed by atoms with Gasteiger partial charge in [0.1, 0.15) is 11.6 Å². The van der Waals surface area contributed by atoms with Crippen LogP contribution in [0.4, 0.5) is 14.9 Å². The van der Waals surface area contributed by atoms with E-state index < -0.39 is 16.1 Å². The Kier molecular flexibility index (Phi) is 6.09. The summed E-state index contributed by atoms with van der Waals surface area (Å²) in [5, 5.41) is 13.0. The highest BCUT2D eigenvalue weighted by atomic mass is 32.2. The summed E-state index contributed by atoms with van der Waals surface area (Å²) in [5.74, 6) is -0.497. The summed E-state index contributed by atoms with van der Waals surface area (Å²) < 4.78 is 38.0. The topological polar surface area (TPSA) is 90.0 Å². The number of urea groups is 1. The summed E-state index contributed by atoms with van der Waals surface area (Å²) in [5.41, 5.74) is 1.49. The van der Waals surface area contributed by atoms with Gasteiger partial charge in [-0.3, -0.25) is 0 Å². The van der Waals surface area contributed by atoms with Crippen LogP contribution in [-0.4, -0.2) is 61.2 Å². The molecule has 1 aliphatic rings. The first-order chi connectivity index (χ1) is 13.6. The molecular formula is C20H24FN3O4S. The molecule has 1 fully saturated rings. The first-order valence-electron chi connectivity index (χ1n) is 9.23. The van der Waals surface area contributed by atoms with Gasteiger partial charge in [-0.05, 0) is 48.2 Å². The van der Waals surface area contributed by atoms with E-state index in [1.807, 2.05) is 0 Å². The van der Waals surface area contributed by atoms with Crippen molar-refractivity contribution in [2.45, 2.75) is 18.9 Å². The van der Waals surface area contributed by atoms with Gasteiger partial charge in [0.05, 0.1) is 11.9 Å². The highest BCUT2D eigenvalue weighted by Crippen LogP contribution is 2.30. The lowest BCUT2D eigenvalue weighted by molar-refractivity contribution is 0.174. The van der Waals surface area contributed by atoms with Gasteiger partial charge in [0.2, 0.25) is 10.0 Å². The Labute approximate surface area is 169 Å². The SMILES string of the molecule is CN(C(=O)Nc1ccc(-c2cccc(F)c2)cc1O)C1CCN(S(C)(=O)=O)CC1. The van der Waals surface area contributed by atoms with Crippen LogP contribution < -0.4 is 5.32 Å². The van der Waals surface area contributed by atoms with Crippen molar-refractivity contribution < 1.29 is 22.7 Å². The normalized spacial score (nSPS) is 15.8. The number of nitrogens with zero attached hydrogens (tertiary/aromatic N) is 2. The molecule has 0 aliphatic carbocycles. The van der Waals surface area contributed by atoms with Gasteiger partial charge >= 0.3 is 6.03 Å². The van der Waals surface area contributed by atoms with E-state index in [1.165, 1.54) is 33.7 Å². The molecular weight excluding hydrogens is 397 g/mol. The van der Waals surface area contributed by atoms with Crippen LogP contribution in [0.3, 0.4) is 0 Å². The van der Waals surface area contributed by atoms with Crippen molar-refractivity contribution in [3.05, 3.63) is 48.3 Å². The number of carbonyl (C=O) groups excluding carboxylic acids is 1. The van der Waals surface area contributed by atoms with Gasteiger partial charge in [-0.1, -0.05) is 18.2 Å². The van der Waals surface area contributed by atoms with E-state index >= 15 is 0 Å². The van der Waals surface area contributed by atoms with Gasteiger partial charge in [-0.15, -0.1) is 0 Å². The minimum atomic E-state index is -3.22. The van der Waals surface area contributed by atoms with Gasteiger partial charge in [0, 0.05) is 26.2 Å². The molecule has 0 aromatic heterocycles. The molecule has 156 valence electrons. The minimum Gasteiger partial charge on any atom is -0.506 e. The van der Waals surface area contributed by atoms with E-state index in [-0.39, 0.29) is 23.3 Å². The number of hydrogen-bond donors (Lipinski definition) is 2. The molecule has 7 nitrogen and oxygen atoms in total. The average Bonchev–Trinajstić information content (AvgIpc) is 2.68. The predicted octanol–water partition coefficient (Wildman–Crippen LogP) is 3.09. The molecule has 1 aliphatic heterocycles. The summed E-state index contributed by atoms with van der Waals surface area (Å²) in [4.78, 5) is 14.1. The monoisotopic (exact) mass is 421 g/mol. The van der Waals surface area contributed by atoms with Gasteiger partial charge < -0.3 is 15.3 Å². The lowest BCUT2D eigenvalue weighted by Crippen LogP contribution is -2.48. The molecule has 3 rings (SSSR count). The first kappa shape index (κ1) is 21.1. The fourth-order valence-electron chi connectivity index (χ4n) is 3.42. The molecule has 0 spiro atoms. The molecule has 2 N–H and O–H groups in total. The number of phenolic OH excluding ortho intramolecular Hbond substituents is 1. The molecule has 0 radical (unpaired) electrons. The molecule has 2 aromatic rings. The number of hydrogen-bond acceptors (Lipinski definition) is 4. The number of aromatic hydroxyl groups is 1. The highest BCUT2D eigenvalue weighted by Gasteiger charge is 2.29. The van der Waals surface area contributed by atoms with Crippen LogP contribution in [-0.2, 0) is 10.0 Å². The fourth-order valence-corrected chi connectivity index (χ4v) is 4.29. The number of amides is 2. The lowest BCUT2D eigenvalue weighted by Gasteiger charge is -2.35. The van der Waals surface area contributed by atoms with Crippen molar-refractivity contribution in [3.8, 4) is 16.9 Å². The Hall–Kier alpha value is -2.65. The Morgan fingerprint density at radius 2 is 1.83 bits per heavy atom. The number of halogens is 1. The second-order valence-electron chi connectivity index (χ2n) is 7.18. The molecule has 0 saturated carbocycles. The van der Waals surface area contributed by atoms with E-state index in [0.717, 1.165) is 0 Å². The van der Waals surface area contributed by atoms with Crippen molar-refractivity contribution in [1.82, 2.24) is 9.21 Å². The molecule has 2 amide bonds. The van der Waals surface area contributed by atoms with E-state index in [9.17, 15) is 22.7 Å². The van der Waals surface area contributed by atoms with Crippen molar-refractivity contribution in [2.24, 2.45) is 0 Å². The number of rotatable bonds is 4. The molecule has 29 heavy (non-hydrogen) atoms. The summed E-state index contributed by atoms with van der Waals surface area (Å²) in [6.45, 7) is 0.739. The summed E-state index contributed by atoms with van der Waals surface area (Å²) >= 11 is 0. The van der Waals surface area contributed by atoms with Crippen LogP contribution in [0.5, 0.6) is 5.75 Å². The molecule has 1 heterocycles. The Balaban J connectivity index is 1.64. The third-order valence-corrected chi connectivity index (χ3v) is 6.46. The maximum Gasteiger partial charge on any atom is 0.321 e. The summed E-state index contributed by atoms with van der Waals surface area (Å²) in [6, 6.07) is 10.3. The minimum absolute atomic E-state index is 0.0956. The van der Waals surface area contributed by atoms with Crippen LogP contribution in [0, 0.1) is 5.82 Å². The number of nitrogens with one attached hydrogen (secondary N) is 1. The van der Waals surface area contributed by atoms with Gasteiger partial charge in [-0.25, -0.2) is 21.9 Å². The number of phenols is 1. The lowest BCUT2D eigenvalue weighted by atomic mass is 10.0. The zero-order valence-corrected chi connectivity index (χ0v) is 17.1. The Morgan fingerprint density at radius 1 is 1.17 bits per heavy atom. The van der Waals surface area contributed by atoms with Crippen molar-refractivity contribution in [2.75, 3.05) is 31.7 Å². The molecule has 9 heteroatoms. The zero-order chi connectivity index (χ0) is 21.2. The third-order valence-electron chi connectivity index (χ3n) is 5.16. The third kappa shape index (κ3) is 5.04. The van der Waals surface area contributed by atoms with Crippen LogP contribution in [0.15, 0.2) is 42.5 Å². The molecule has 1 saturated heterocycles. The molecule has 0 unspecified atom stereocenters. The van der Waals surface area contributed by atoms with Gasteiger partial charge in [0.15, 0.2) is 0 Å². The zero-order valence-electron chi connectivity index (χ0n) is 16.3. The highest BCUT2D eigenvalue weighted by molar-refractivity contribution is 7.88. The van der Waals surface area contributed by atoms with Crippen LogP contribution in [0.2, 0.25) is 0 Å². The number of piperidine rings is 1. The fraction of sp³-hybridized carbons (Fsp3) is 0.350. The quantitative estimate of drug-likeness (QED) is 0.743. The smallest absolute Gasteiger partial charge is 0.321 e. The maximum absolute atomic E-state index is 13.4. The van der Waals surface area contributed by atoms with E-state index in [0.29, 0.717) is 37.1 Å². The van der Waals surface area contributed by atoms with Crippen LogP contribution >= 0.6 is 0 Å². The Morgan fingerprint density at radius 3 is 2.41 bits per heavy atom. The average molecular weight is 421 g/mol. The summed E-state index contributed by atoms with van der Waals surface area (Å²) in [7, 11) is -1.57. The van der Waals surface area contributed by atoms with Crippen LogP contribution in [0.1, 0.15) is 12.8 Å². The number of sulfonamides is 1. The van der Waals surface area contributed by atoms with E-state index in [1.54, 1.807) is 31.3 Å². The van der Waals surface area contributed by atoms with Crippen molar-refractivity contribution in [1.29, 1.82) is 0 Å². The number of carbonyl (C=O) groups is 1. The second-order valence-corrected chi connectivity index (χ2v) is 9.16. The summed E-state index contributed by atoms with van der Waals surface area (Å²) in [6.07, 6.45) is 2.27. The molecule has 0 atom stereocenters. The second kappa shape index (κ2) is 8.38. The number of anilines is 1. The first-order valence-corrected chi connectivity index (χ1v) is 11.1. The van der Waals surface area contributed by atoms with E-state index in [4.69, 9.17) is 0 Å². The van der Waals surface area contributed by atoms with E-state index in [2.05, 4.69) is 5.32 Å². The van der Waals surface area contributed by atoms with Crippen LogP contribution in [0.25, 0.3) is 11.1 Å². The van der Waals surface area contributed by atoms with Crippen molar-refractivity contribution >= 4 is 21.7 Å². The largest absolute Gasteiger partial charge is 0.506 e. The van der Waals surface area contributed by atoms with Gasteiger partial charge in [0.25, 0.3) is 0 Å².